The monoisotopic (exact) mass is 563 g/mol. The molecule has 3 aromatic rings. The topological polar surface area (TPSA) is 140 Å². The molecule has 1 saturated heterocycles. The first-order chi connectivity index (χ1) is 19.9. The highest BCUT2D eigenvalue weighted by Gasteiger charge is 2.42. The summed E-state index contributed by atoms with van der Waals surface area (Å²) in [5.74, 6) is 1.82. The van der Waals surface area contributed by atoms with E-state index in [-0.39, 0.29) is 30.4 Å². The normalized spacial score (nSPS) is 19.9. The van der Waals surface area contributed by atoms with Gasteiger partial charge in [0.05, 0.1) is 23.3 Å². The summed E-state index contributed by atoms with van der Waals surface area (Å²) >= 11 is 0. The van der Waals surface area contributed by atoms with Crippen LogP contribution < -0.4 is 15.4 Å². The van der Waals surface area contributed by atoms with Crippen molar-refractivity contribution in [1.82, 2.24) is 25.7 Å². The molecule has 218 valence electrons. The van der Waals surface area contributed by atoms with Crippen LogP contribution in [0.5, 0.6) is 5.75 Å². The molecule has 5 rings (SSSR count). The second-order valence-corrected chi connectivity index (χ2v) is 10.9. The summed E-state index contributed by atoms with van der Waals surface area (Å²) in [6.45, 7) is 3.74. The zero-order valence-electron chi connectivity index (χ0n) is 23.4. The van der Waals surface area contributed by atoms with Crippen LogP contribution in [0.15, 0.2) is 51.6 Å². The van der Waals surface area contributed by atoms with Gasteiger partial charge < -0.3 is 29.2 Å². The van der Waals surface area contributed by atoms with Crippen molar-refractivity contribution in [3.63, 3.8) is 0 Å². The molecule has 1 aromatic carbocycles. The maximum absolute atomic E-state index is 13.6. The predicted molar refractivity (Wildman–Crippen MR) is 149 cm³/mol. The van der Waals surface area contributed by atoms with Gasteiger partial charge >= 0.3 is 0 Å². The van der Waals surface area contributed by atoms with E-state index in [2.05, 4.69) is 20.8 Å². The smallest absolute Gasteiger partial charge is 0.255 e. The number of aryl methyl sites for hydroxylation is 1. The number of nitrogens with one attached hydrogen (secondary N) is 2. The Hall–Kier alpha value is -4.15. The maximum atomic E-state index is 13.6. The molecule has 1 spiro atoms. The summed E-state index contributed by atoms with van der Waals surface area (Å²) in [5, 5.41) is 10.1. The van der Waals surface area contributed by atoms with Crippen LogP contribution in [-0.4, -0.2) is 65.0 Å². The Balaban J connectivity index is 1.14. The number of hydrogen-bond donors (Lipinski definition) is 2. The highest BCUT2D eigenvalue weighted by atomic mass is 16.5. The molecule has 11 heteroatoms. The number of benzene rings is 1. The van der Waals surface area contributed by atoms with Crippen LogP contribution in [0.1, 0.15) is 68.1 Å². The third kappa shape index (κ3) is 6.96. The molecular formula is C30H37N5O6. The number of para-hydroxylation sites is 1. The summed E-state index contributed by atoms with van der Waals surface area (Å²) < 4.78 is 16.5. The Kier molecular flexibility index (Phi) is 9.01. The highest BCUT2D eigenvalue weighted by Crippen LogP contribution is 2.37. The third-order valence-corrected chi connectivity index (χ3v) is 7.91. The van der Waals surface area contributed by atoms with Crippen LogP contribution in [0.2, 0.25) is 0 Å². The summed E-state index contributed by atoms with van der Waals surface area (Å²) in [4.78, 5) is 45.5. The molecule has 3 amide bonds. The summed E-state index contributed by atoms with van der Waals surface area (Å²) in [6.07, 6.45) is 6.48. The molecule has 2 aliphatic rings. The Morgan fingerprint density at radius 3 is 2.73 bits per heavy atom. The molecule has 0 unspecified atom stereocenters. The second-order valence-electron chi connectivity index (χ2n) is 10.9. The molecule has 0 radical (unpaired) electrons. The molecule has 0 saturated carbocycles. The van der Waals surface area contributed by atoms with E-state index in [0.29, 0.717) is 86.9 Å². The van der Waals surface area contributed by atoms with Crippen molar-refractivity contribution in [3.05, 3.63) is 54.1 Å². The van der Waals surface area contributed by atoms with Gasteiger partial charge in [-0.2, -0.15) is 4.98 Å². The van der Waals surface area contributed by atoms with Gasteiger partial charge in [-0.15, -0.1) is 0 Å². The number of piperidine rings is 1. The number of furan rings is 1. The SMILES string of the molecule is C[C@@H]1COc2ccccc2C(=O)NCCCCC2(CCN(C(=O)CCCc3nc(-c4ccco4)no3)CC2)C(=O)N1. The van der Waals surface area contributed by atoms with Gasteiger partial charge in [0.1, 0.15) is 12.4 Å². The minimum absolute atomic E-state index is 0.0128. The Morgan fingerprint density at radius 2 is 1.93 bits per heavy atom. The number of amides is 3. The van der Waals surface area contributed by atoms with Gasteiger partial charge in [-0.1, -0.05) is 23.7 Å². The molecule has 4 heterocycles. The third-order valence-electron chi connectivity index (χ3n) is 7.91. The average molecular weight is 564 g/mol. The highest BCUT2D eigenvalue weighted by molar-refractivity contribution is 5.96. The van der Waals surface area contributed by atoms with Crippen LogP contribution in [0.25, 0.3) is 11.6 Å². The van der Waals surface area contributed by atoms with E-state index in [1.54, 1.807) is 30.5 Å². The number of carbonyl (C=O) groups is 3. The number of carbonyl (C=O) groups excluding carboxylic acids is 3. The maximum Gasteiger partial charge on any atom is 0.255 e. The van der Waals surface area contributed by atoms with Gasteiger partial charge in [-0.05, 0) is 63.3 Å². The lowest BCUT2D eigenvalue weighted by Gasteiger charge is -2.41. The van der Waals surface area contributed by atoms with Crippen molar-refractivity contribution in [3.8, 4) is 17.3 Å². The van der Waals surface area contributed by atoms with Crippen molar-refractivity contribution >= 4 is 17.7 Å². The molecular weight excluding hydrogens is 526 g/mol. The van der Waals surface area contributed by atoms with Crippen molar-refractivity contribution in [2.24, 2.45) is 5.41 Å². The zero-order valence-corrected chi connectivity index (χ0v) is 23.4. The van der Waals surface area contributed by atoms with Gasteiger partial charge in [-0.25, -0.2) is 0 Å². The lowest BCUT2D eigenvalue weighted by Crippen LogP contribution is -2.52. The summed E-state index contributed by atoms with van der Waals surface area (Å²) in [5.41, 5.74) is -0.0596. The molecule has 2 aliphatic heterocycles. The molecule has 1 fully saturated rings. The fourth-order valence-electron chi connectivity index (χ4n) is 5.48. The van der Waals surface area contributed by atoms with E-state index < -0.39 is 5.41 Å². The number of hydrogen-bond acceptors (Lipinski definition) is 8. The quantitative estimate of drug-likeness (QED) is 0.478. The molecule has 0 aliphatic carbocycles. The van der Waals surface area contributed by atoms with Crippen LogP contribution in [0.3, 0.4) is 0 Å². The molecule has 0 bridgehead atoms. The first-order valence-corrected chi connectivity index (χ1v) is 14.4. The van der Waals surface area contributed by atoms with E-state index in [9.17, 15) is 14.4 Å². The van der Waals surface area contributed by atoms with Crippen molar-refractivity contribution in [2.75, 3.05) is 26.2 Å². The lowest BCUT2D eigenvalue weighted by atomic mass is 9.73. The average Bonchev–Trinajstić information content (AvgIpc) is 3.68. The van der Waals surface area contributed by atoms with Gasteiger partial charge in [-0.3, -0.25) is 14.4 Å². The van der Waals surface area contributed by atoms with Crippen molar-refractivity contribution in [2.45, 2.75) is 64.3 Å². The first kappa shape index (κ1) is 28.4. The largest absolute Gasteiger partial charge is 0.491 e. The summed E-state index contributed by atoms with van der Waals surface area (Å²) in [6, 6.07) is 10.4. The Bertz CT molecular complexity index is 1330. The molecule has 2 N–H and O–H groups in total. The van der Waals surface area contributed by atoms with E-state index in [1.165, 1.54) is 0 Å². The molecule has 1 atom stereocenters. The number of nitrogens with zero attached hydrogens (tertiary/aromatic N) is 3. The Morgan fingerprint density at radius 1 is 1.10 bits per heavy atom. The lowest BCUT2D eigenvalue weighted by molar-refractivity contribution is -0.141. The van der Waals surface area contributed by atoms with E-state index in [1.807, 2.05) is 24.0 Å². The standard InChI is InChI=1S/C30H37N5O6/c1-21-20-40-23-9-3-2-8-22(23)28(37)31-16-5-4-13-30(29(38)32-21)14-17-35(18-15-30)26(36)12-6-11-25-33-27(34-41-25)24-10-7-19-39-24/h2-3,7-10,19,21H,4-6,11-18,20H2,1H3,(H,31,37)(H,32,38)/t21-/m1/s1. The Labute approximate surface area is 239 Å². The fourth-order valence-corrected chi connectivity index (χ4v) is 5.48. The van der Waals surface area contributed by atoms with Crippen LogP contribution >= 0.6 is 0 Å². The van der Waals surface area contributed by atoms with E-state index in [4.69, 9.17) is 13.7 Å². The fraction of sp³-hybridized carbons (Fsp3) is 0.500. The predicted octanol–water partition coefficient (Wildman–Crippen LogP) is 3.76. The number of ether oxygens (including phenoxy) is 1. The van der Waals surface area contributed by atoms with Crippen LogP contribution in [-0.2, 0) is 16.0 Å². The number of rotatable bonds is 5. The number of fused-ring (bicyclic) bond motifs is 1. The molecule has 11 nitrogen and oxygen atoms in total. The second kappa shape index (κ2) is 13.0. The van der Waals surface area contributed by atoms with Gasteiger partial charge in [0.25, 0.3) is 5.91 Å². The van der Waals surface area contributed by atoms with Crippen molar-refractivity contribution in [1.29, 1.82) is 0 Å². The van der Waals surface area contributed by atoms with Gasteiger partial charge in [0.2, 0.25) is 23.5 Å². The van der Waals surface area contributed by atoms with E-state index in [0.717, 1.165) is 12.8 Å². The van der Waals surface area contributed by atoms with Crippen LogP contribution in [0.4, 0.5) is 0 Å². The number of aromatic nitrogens is 2. The minimum atomic E-state index is -0.552. The molecule has 41 heavy (non-hydrogen) atoms. The van der Waals surface area contributed by atoms with Gasteiger partial charge in [0.15, 0.2) is 5.76 Å². The zero-order chi connectivity index (χ0) is 28.7. The van der Waals surface area contributed by atoms with E-state index >= 15 is 0 Å². The summed E-state index contributed by atoms with van der Waals surface area (Å²) in [7, 11) is 0. The van der Waals surface area contributed by atoms with Crippen molar-refractivity contribution < 1.29 is 28.1 Å². The molecule has 2 aromatic heterocycles. The first-order valence-electron chi connectivity index (χ1n) is 14.4. The van der Waals surface area contributed by atoms with Gasteiger partial charge in [0, 0.05) is 32.5 Å². The minimum Gasteiger partial charge on any atom is -0.491 e. The number of likely N-dealkylation sites (tertiary alicyclic amines) is 1. The van der Waals surface area contributed by atoms with Crippen LogP contribution in [0, 0.1) is 5.41 Å².